The van der Waals surface area contributed by atoms with E-state index in [2.05, 4.69) is 0 Å². The van der Waals surface area contributed by atoms with Gasteiger partial charge < -0.3 is 4.57 Å². The molecule has 1 aromatic carbocycles. The van der Waals surface area contributed by atoms with Crippen LogP contribution in [0.2, 0.25) is 0 Å². The molecule has 4 heteroatoms. The van der Waals surface area contributed by atoms with Crippen molar-refractivity contribution in [2.24, 2.45) is 0 Å². The second-order valence-corrected chi connectivity index (χ2v) is 3.12. The van der Waals surface area contributed by atoms with Gasteiger partial charge in [-0.05, 0) is 24.3 Å². The molecule has 0 aliphatic heterocycles. The number of nitrogens with zero attached hydrogens (tertiary/aromatic N) is 3. The lowest BCUT2D eigenvalue weighted by molar-refractivity contribution is 0.622. The average Bonchev–Trinajstić information content (AvgIpc) is 2.76. The Morgan fingerprint density at radius 1 is 1.06 bits per heavy atom. The minimum Gasteiger partial charge on any atom is -0.307 e. The zero-order valence-electron chi connectivity index (χ0n) is 8.18. The van der Waals surface area contributed by atoms with Gasteiger partial charge >= 0.3 is 0 Å². The van der Waals surface area contributed by atoms with Crippen molar-refractivity contribution in [3.05, 3.63) is 53.6 Å². The highest BCUT2D eigenvalue weighted by Crippen LogP contribution is 2.19. The van der Waals surface area contributed by atoms with E-state index in [-0.39, 0.29) is 5.56 Å². The first-order chi connectivity index (χ1) is 7.77. The van der Waals surface area contributed by atoms with Crippen molar-refractivity contribution in [3.8, 4) is 17.8 Å². The maximum Gasteiger partial charge on any atom is 0.143 e. The molecule has 2 aromatic rings. The van der Waals surface area contributed by atoms with E-state index in [9.17, 15) is 4.39 Å². The molecule has 2 rings (SSSR count). The summed E-state index contributed by atoms with van der Waals surface area (Å²) in [5, 5.41) is 17.7. The van der Waals surface area contributed by atoms with Gasteiger partial charge in [0.1, 0.15) is 29.2 Å². The Hall–Kier alpha value is -2.59. The Morgan fingerprint density at radius 2 is 1.88 bits per heavy atom. The second-order valence-electron chi connectivity index (χ2n) is 3.12. The fourth-order valence-electron chi connectivity index (χ4n) is 1.51. The summed E-state index contributed by atoms with van der Waals surface area (Å²) in [6.45, 7) is 0. The van der Waals surface area contributed by atoms with E-state index in [0.29, 0.717) is 11.4 Å². The van der Waals surface area contributed by atoms with Gasteiger partial charge in [0, 0.05) is 6.20 Å². The molecule has 0 amide bonds. The van der Waals surface area contributed by atoms with Crippen molar-refractivity contribution < 1.29 is 4.39 Å². The first-order valence-corrected chi connectivity index (χ1v) is 4.54. The minimum atomic E-state index is -0.586. The standard InChI is InChI=1S/C12H6FN3/c13-11-4-1-5-12(10(11)8-15)16-6-2-3-9(16)7-14/h1-6H. The lowest BCUT2D eigenvalue weighted by Gasteiger charge is -2.07. The number of nitriles is 2. The maximum atomic E-state index is 13.4. The molecule has 0 saturated heterocycles. The molecule has 76 valence electrons. The van der Waals surface area contributed by atoms with Crippen molar-refractivity contribution in [2.75, 3.05) is 0 Å². The van der Waals surface area contributed by atoms with Crippen LogP contribution in [0.4, 0.5) is 4.39 Å². The Balaban J connectivity index is 2.72. The van der Waals surface area contributed by atoms with Crippen LogP contribution < -0.4 is 0 Å². The number of aromatic nitrogens is 1. The van der Waals surface area contributed by atoms with E-state index in [0.717, 1.165) is 0 Å². The molecule has 1 aromatic heterocycles. The third-order valence-corrected chi connectivity index (χ3v) is 2.23. The molecule has 0 spiro atoms. The average molecular weight is 211 g/mol. The van der Waals surface area contributed by atoms with Gasteiger partial charge in [0.15, 0.2) is 0 Å². The van der Waals surface area contributed by atoms with Gasteiger partial charge in [0.25, 0.3) is 0 Å². The first-order valence-electron chi connectivity index (χ1n) is 4.54. The Bertz CT molecular complexity index is 614. The van der Waals surface area contributed by atoms with E-state index < -0.39 is 5.82 Å². The van der Waals surface area contributed by atoms with Crippen molar-refractivity contribution in [3.63, 3.8) is 0 Å². The fourth-order valence-corrected chi connectivity index (χ4v) is 1.51. The van der Waals surface area contributed by atoms with Crippen LogP contribution in [0.3, 0.4) is 0 Å². The van der Waals surface area contributed by atoms with Gasteiger partial charge in [-0.2, -0.15) is 10.5 Å². The van der Waals surface area contributed by atoms with Crippen LogP contribution in [0.5, 0.6) is 0 Å². The molecule has 0 bridgehead atoms. The van der Waals surface area contributed by atoms with Crippen LogP contribution in [0.15, 0.2) is 36.5 Å². The zero-order chi connectivity index (χ0) is 11.5. The normalized spacial score (nSPS) is 9.44. The zero-order valence-corrected chi connectivity index (χ0v) is 8.18. The van der Waals surface area contributed by atoms with E-state index in [1.165, 1.54) is 16.7 Å². The quantitative estimate of drug-likeness (QED) is 0.727. The smallest absolute Gasteiger partial charge is 0.143 e. The predicted octanol–water partition coefficient (Wildman–Crippen LogP) is 2.36. The van der Waals surface area contributed by atoms with Gasteiger partial charge in [0.05, 0.1) is 5.69 Å². The van der Waals surface area contributed by atoms with Crippen LogP contribution in [0.1, 0.15) is 11.3 Å². The van der Waals surface area contributed by atoms with Gasteiger partial charge in [-0.1, -0.05) is 6.07 Å². The van der Waals surface area contributed by atoms with Crippen LogP contribution >= 0.6 is 0 Å². The SMILES string of the molecule is N#Cc1c(F)cccc1-n1cccc1C#N. The summed E-state index contributed by atoms with van der Waals surface area (Å²) in [7, 11) is 0. The Kier molecular flexibility index (Phi) is 2.41. The van der Waals surface area contributed by atoms with E-state index in [1.807, 2.05) is 6.07 Å². The van der Waals surface area contributed by atoms with Crippen molar-refractivity contribution in [1.29, 1.82) is 10.5 Å². The molecular weight excluding hydrogens is 205 g/mol. The Labute approximate surface area is 91.6 Å². The number of halogens is 1. The number of benzene rings is 1. The number of hydrogen-bond acceptors (Lipinski definition) is 2. The summed E-state index contributed by atoms with van der Waals surface area (Å²) in [5.74, 6) is -0.586. The lowest BCUT2D eigenvalue weighted by atomic mass is 10.2. The highest BCUT2D eigenvalue weighted by molar-refractivity contribution is 5.51. The molecule has 0 unspecified atom stereocenters. The van der Waals surface area contributed by atoms with Crippen LogP contribution in [0, 0.1) is 28.5 Å². The fraction of sp³-hybridized carbons (Fsp3) is 0. The summed E-state index contributed by atoms with van der Waals surface area (Å²) < 4.78 is 14.8. The summed E-state index contributed by atoms with van der Waals surface area (Å²) in [6, 6.07) is 11.4. The molecule has 1 heterocycles. The minimum absolute atomic E-state index is 0.0600. The van der Waals surface area contributed by atoms with E-state index in [4.69, 9.17) is 10.5 Å². The van der Waals surface area contributed by atoms with Crippen LogP contribution in [-0.4, -0.2) is 4.57 Å². The van der Waals surface area contributed by atoms with Crippen LogP contribution in [-0.2, 0) is 0 Å². The Morgan fingerprint density at radius 3 is 2.56 bits per heavy atom. The lowest BCUT2D eigenvalue weighted by Crippen LogP contribution is -2.00. The predicted molar refractivity (Wildman–Crippen MR) is 55.2 cm³/mol. The summed E-state index contributed by atoms with van der Waals surface area (Å²) >= 11 is 0. The maximum absolute atomic E-state index is 13.4. The molecule has 0 atom stereocenters. The summed E-state index contributed by atoms with van der Waals surface area (Å²) in [4.78, 5) is 0. The van der Waals surface area contributed by atoms with Gasteiger partial charge in [-0.3, -0.25) is 0 Å². The first kappa shape index (κ1) is 9.95. The van der Waals surface area contributed by atoms with Crippen molar-refractivity contribution in [1.82, 2.24) is 4.57 Å². The van der Waals surface area contributed by atoms with Crippen molar-refractivity contribution in [2.45, 2.75) is 0 Å². The van der Waals surface area contributed by atoms with Crippen molar-refractivity contribution >= 4 is 0 Å². The highest BCUT2D eigenvalue weighted by Gasteiger charge is 2.11. The van der Waals surface area contributed by atoms with Gasteiger partial charge in [-0.15, -0.1) is 0 Å². The molecular formula is C12H6FN3. The molecule has 0 fully saturated rings. The third-order valence-electron chi connectivity index (χ3n) is 2.23. The molecule has 0 aliphatic rings. The highest BCUT2D eigenvalue weighted by atomic mass is 19.1. The van der Waals surface area contributed by atoms with Gasteiger partial charge in [0.2, 0.25) is 0 Å². The van der Waals surface area contributed by atoms with Gasteiger partial charge in [-0.25, -0.2) is 4.39 Å². The monoisotopic (exact) mass is 211 g/mol. The third kappa shape index (κ3) is 1.43. The number of hydrogen-bond donors (Lipinski definition) is 0. The topological polar surface area (TPSA) is 52.5 Å². The van der Waals surface area contributed by atoms with Crippen LogP contribution in [0.25, 0.3) is 5.69 Å². The molecule has 0 saturated carbocycles. The molecule has 3 nitrogen and oxygen atoms in total. The molecule has 0 N–H and O–H groups in total. The largest absolute Gasteiger partial charge is 0.307 e. The summed E-state index contributed by atoms with van der Waals surface area (Å²) in [5.41, 5.74) is 0.682. The number of rotatable bonds is 1. The molecule has 0 aliphatic carbocycles. The summed E-state index contributed by atoms with van der Waals surface area (Å²) in [6.07, 6.45) is 1.62. The van der Waals surface area contributed by atoms with E-state index in [1.54, 1.807) is 30.5 Å². The van der Waals surface area contributed by atoms with E-state index >= 15 is 0 Å². The second kappa shape index (κ2) is 3.88. The molecule has 0 radical (unpaired) electrons. The molecule has 16 heavy (non-hydrogen) atoms.